The summed E-state index contributed by atoms with van der Waals surface area (Å²) in [6.07, 6.45) is 5.05. The lowest BCUT2D eigenvalue weighted by atomic mass is 9.85. The molecule has 1 aromatic carbocycles. The molecule has 0 spiro atoms. The molecule has 1 aromatic heterocycles. The summed E-state index contributed by atoms with van der Waals surface area (Å²) in [5.41, 5.74) is 4.16. The number of nitrogens with zero attached hydrogens (tertiary/aromatic N) is 1. The molecule has 0 bridgehead atoms. The van der Waals surface area contributed by atoms with Crippen LogP contribution in [0.4, 0.5) is 5.69 Å². The van der Waals surface area contributed by atoms with Crippen LogP contribution in [-0.2, 0) is 4.79 Å². The van der Waals surface area contributed by atoms with Crippen LogP contribution in [0.15, 0.2) is 42.6 Å². The Kier molecular flexibility index (Phi) is 3.50. The number of hydrogen-bond donors (Lipinski definition) is 1. The Bertz CT molecular complexity index is 615. The first kappa shape index (κ1) is 12.9. The Morgan fingerprint density at radius 2 is 1.90 bits per heavy atom. The van der Waals surface area contributed by atoms with Crippen LogP contribution in [0, 0.1) is 12.8 Å². The zero-order valence-electron chi connectivity index (χ0n) is 11.6. The number of carbonyl (C=O) groups is 1. The van der Waals surface area contributed by atoms with Crippen molar-refractivity contribution in [3.8, 4) is 11.1 Å². The minimum atomic E-state index is 0.156. The summed E-state index contributed by atoms with van der Waals surface area (Å²) in [7, 11) is 0. The quantitative estimate of drug-likeness (QED) is 0.918. The van der Waals surface area contributed by atoms with E-state index in [1.165, 1.54) is 6.42 Å². The van der Waals surface area contributed by atoms with E-state index in [0.29, 0.717) is 0 Å². The standard InChI is InChI=1S/C17H18N2O/c1-12-11-15(9-10-18-12)13-5-7-16(8-6-13)19-17(20)14-3-2-4-14/h5-11,14H,2-4H2,1H3,(H,19,20). The maximum absolute atomic E-state index is 11.9. The lowest BCUT2D eigenvalue weighted by Crippen LogP contribution is -2.27. The van der Waals surface area contributed by atoms with Gasteiger partial charge < -0.3 is 5.32 Å². The van der Waals surface area contributed by atoms with Crippen LogP contribution in [-0.4, -0.2) is 10.9 Å². The number of benzene rings is 1. The Hall–Kier alpha value is -2.16. The summed E-state index contributed by atoms with van der Waals surface area (Å²) in [5, 5.41) is 2.98. The van der Waals surface area contributed by atoms with E-state index in [0.717, 1.165) is 35.3 Å². The molecule has 1 heterocycles. The van der Waals surface area contributed by atoms with Crippen LogP contribution >= 0.6 is 0 Å². The molecule has 102 valence electrons. The number of aromatic nitrogens is 1. The first-order valence-electron chi connectivity index (χ1n) is 7.06. The van der Waals surface area contributed by atoms with Gasteiger partial charge in [-0.1, -0.05) is 18.6 Å². The molecule has 1 saturated carbocycles. The molecule has 0 unspecified atom stereocenters. The third-order valence-corrected chi connectivity index (χ3v) is 3.86. The van der Waals surface area contributed by atoms with E-state index in [4.69, 9.17) is 0 Å². The molecule has 0 atom stereocenters. The first-order valence-corrected chi connectivity index (χ1v) is 7.06. The topological polar surface area (TPSA) is 42.0 Å². The molecular formula is C17H18N2O. The minimum Gasteiger partial charge on any atom is -0.326 e. The lowest BCUT2D eigenvalue weighted by Gasteiger charge is -2.24. The number of nitrogens with one attached hydrogen (secondary N) is 1. The molecule has 1 fully saturated rings. The third kappa shape index (κ3) is 2.72. The van der Waals surface area contributed by atoms with Gasteiger partial charge in [-0.3, -0.25) is 9.78 Å². The smallest absolute Gasteiger partial charge is 0.227 e. The number of aryl methyl sites for hydroxylation is 1. The van der Waals surface area contributed by atoms with E-state index in [-0.39, 0.29) is 11.8 Å². The van der Waals surface area contributed by atoms with Gasteiger partial charge in [0.25, 0.3) is 0 Å². The van der Waals surface area contributed by atoms with Crippen LogP contribution in [0.5, 0.6) is 0 Å². The fourth-order valence-electron chi connectivity index (χ4n) is 2.39. The molecule has 1 N–H and O–H groups in total. The van der Waals surface area contributed by atoms with E-state index in [1.54, 1.807) is 0 Å². The molecule has 2 aromatic rings. The van der Waals surface area contributed by atoms with Crippen molar-refractivity contribution in [1.82, 2.24) is 4.98 Å². The van der Waals surface area contributed by atoms with Gasteiger partial charge in [0.2, 0.25) is 5.91 Å². The van der Waals surface area contributed by atoms with Crippen molar-refractivity contribution in [3.05, 3.63) is 48.3 Å². The predicted molar refractivity (Wildman–Crippen MR) is 80.4 cm³/mol. The van der Waals surface area contributed by atoms with Crippen molar-refractivity contribution in [2.45, 2.75) is 26.2 Å². The molecular weight excluding hydrogens is 248 g/mol. The van der Waals surface area contributed by atoms with Crippen molar-refractivity contribution in [2.24, 2.45) is 5.92 Å². The van der Waals surface area contributed by atoms with Gasteiger partial charge in [0.05, 0.1) is 0 Å². The maximum Gasteiger partial charge on any atom is 0.227 e. The Balaban J connectivity index is 1.72. The van der Waals surface area contributed by atoms with E-state index in [2.05, 4.69) is 16.4 Å². The van der Waals surface area contributed by atoms with E-state index in [9.17, 15) is 4.79 Å². The van der Waals surface area contributed by atoms with E-state index >= 15 is 0 Å². The molecule has 3 nitrogen and oxygen atoms in total. The summed E-state index contributed by atoms with van der Waals surface area (Å²) in [6.45, 7) is 1.98. The van der Waals surface area contributed by atoms with Gasteiger partial charge in [-0.15, -0.1) is 0 Å². The third-order valence-electron chi connectivity index (χ3n) is 3.86. The molecule has 1 amide bonds. The summed E-state index contributed by atoms with van der Waals surface area (Å²) in [5.74, 6) is 0.376. The van der Waals surface area contributed by atoms with Gasteiger partial charge in [0, 0.05) is 23.5 Å². The Morgan fingerprint density at radius 3 is 2.50 bits per heavy atom. The van der Waals surface area contributed by atoms with Gasteiger partial charge >= 0.3 is 0 Å². The van der Waals surface area contributed by atoms with Crippen molar-refractivity contribution >= 4 is 11.6 Å². The molecule has 0 saturated heterocycles. The molecule has 3 rings (SSSR count). The monoisotopic (exact) mass is 266 g/mol. The number of hydrogen-bond acceptors (Lipinski definition) is 2. The second-order valence-electron chi connectivity index (χ2n) is 5.38. The largest absolute Gasteiger partial charge is 0.326 e. The molecule has 0 radical (unpaired) electrons. The fourth-order valence-corrected chi connectivity index (χ4v) is 2.39. The van der Waals surface area contributed by atoms with Gasteiger partial charge in [-0.25, -0.2) is 0 Å². The number of anilines is 1. The van der Waals surface area contributed by atoms with Crippen LogP contribution in [0.1, 0.15) is 25.0 Å². The minimum absolute atomic E-state index is 0.156. The number of amides is 1. The van der Waals surface area contributed by atoms with Crippen molar-refractivity contribution < 1.29 is 4.79 Å². The number of pyridine rings is 1. The highest BCUT2D eigenvalue weighted by atomic mass is 16.1. The number of rotatable bonds is 3. The van der Waals surface area contributed by atoms with Crippen LogP contribution in [0.2, 0.25) is 0 Å². The zero-order chi connectivity index (χ0) is 13.9. The normalized spacial score (nSPS) is 14.7. The molecule has 3 heteroatoms. The van der Waals surface area contributed by atoms with Crippen molar-refractivity contribution in [1.29, 1.82) is 0 Å². The summed E-state index contributed by atoms with van der Waals surface area (Å²) < 4.78 is 0. The number of carbonyl (C=O) groups excluding carboxylic acids is 1. The lowest BCUT2D eigenvalue weighted by molar-refractivity contribution is -0.122. The van der Waals surface area contributed by atoms with E-state index in [1.807, 2.05) is 43.5 Å². The van der Waals surface area contributed by atoms with Crippen LogP contribution in [0.25, 0.3) is 11.1 Å². The molecule has 1 aliphatic carbocycles. The zero-order valence-corrected chi connectivity index (χ0v) is 11.6. The van der Waals surface area contributed by atoms with Gasteiger partial charge in [0.1, 0.15) is 0 Å². The Labute approximate surface area is 119 Å². The molecule has 0 aliphatic heterocycles. The van der Waals surface area contributed by atoms with Gasteiger partial charge in [-0.2, -0.15) is 0 Å². The summed E-state index contributed by atoms with van der Waals surface area (Å²) >= 11 is 0. The second kappa shape index (κ2) is 5.45. The fraction of sp³-hybridized carbons (Fsp3) is 0.294. The van der Waals surface area contributed by atoms with Crippen LogP contribution in [0.3, 0.4) is 0 Å². The van der Waals surface area contributed by atoms with Gasteiger partial charge in [-0.05, 0) is 55.2 Å². The predicted octanol–water partition coefficient (Wildman–Crippen LogP) is 3.80. The van der Waals surface area contributed by atoms with Crippen molar-refractivity contribution in [2.75, 3.05) is 5.32 Å². The first-order chi connectivity index (χ1) is 9.72. The SMILES string of the molecule is Cc1cc(-c2ccc(NC(=O)C3CCC3)cc2)ccn1. The Morgan fingerprint density at radius 1 is 1.15 bits per heavy atom. The second-order valence-corrected chi connectivity index (χ2v) is 5.38. The van der Waals surface area contributed by atoms with Gasteiger partial charge in [0.15, 0.2) is 0 Å². The maximum atomic E-state index is 11.9. The molecule has 20 heavy (non-hydrogen) atoms. The summed E-state index contributed by atoms with van der Waals surface area (Å²) in [6, 6.07) is 12.0. The van der Waals surface area contributed by atoms with Crippen LogP contribution < -0.4 is 5.32 Å². The highest BCUT2D eigenvalue weighted by molar-refractivity contribution is 5.93. The van der Waals surface area contributed by atoms with E-state index < -0.39 is 0 Å². The average molecular weight is 266 g/mol. The van der Waals surface area contributed by atoms with Crippen molar-refractivity contribution in [3.63, 3.8) is 0 Å². The highest BCUT2D eigenvalue weighted by Crippen LogP contribution is 2.28. The highest BCUT2D eigenvalue weighted by Gasteiger charge is 2.24. The molecule has 1 aliphatic rings. The summed E-state index contributed by atoms with van der Waals surface area (Å²) in [4.78, 5) is 16.1. The average Bonchev–Trinajstić information content (AvgIpc) is 2.37.